The minimum absolute atomic E-state index is 0.0196. The second-order valence-corrected chi connectivity index (χ2v) is 7.96. The predicted molar refractivity (Wildman–Crippen MR) is 109 cm³/mol. The van der Waals surface area contributed by atoms with Gasteiger partial charge in [0.05, 0.1) is 29.3 Å². The van der Waals surface area contributed by atoms with Crippen LogP contribution in [0.25, 0.3) is 5.69 Å². The molecule has 1 fully saturated rings. The number of ether oxygens (including phenoxy) is 1. The molecule has 0 atom stereocenters. The Morgan fingerprint density at radius 3 is 2.59 bits per heavy atom. The number of benzene rings is 1. The SMILES string of the molecule is COc1ccc(-[n+]2noc([O-])c2C(=O)CSc2nc(N)c(C#N)c(C3CC3)c2C#N)cc1. The highest BCUT2D eigenvalue weighted by atomic mass is 32.2. The second-order valence-electron chi connectivity index (χ2n) is 6.99. The zero-order chi connectivity index (χ0) is 22.8. The number of anilines is 1. The highest BCUT2D eigenvalue weighted by Crippen LogP contribution is 2.45. The molecule has 1 aliphatic rings. The van der Waals surface area contributed by atoms with E-state index in [0.29, 0.717) is 17.0 Å². The molecule has 4 rings (SSSR count). The van der Waals surface area contributed by atoms with Gasteiger partial charge < -0.3 is 20.1 Å². The number of nitrogen functional groups attached to an aromatic ring is 1. The number of aromatic nitrogens is 3. The van der Waals surface area contributed by atoms with Gasteiger partial charge in [0.2, 0.25) is 11.5 Å². The van der Waals surface area contributed by atoms with Gasteiger partial charge in [-0.15, -0.1) is 0 Å². The number of nitrogens with two attached hydrogens (primary N) is 1. The van der Waals surface area contributed by atoms with E-state index in [1.165, 1.54) is 7.11 Å². The zero-order valence-corrected chi connectivity index (χ0v) is 17.7. The van der Waals surface area contributed by atoms with Crippen molar-refractivity contribution in [2.24, 2.45) is 0 Å². The third-order valence-corrected chi connectivity index (χ3v) is 5.95. The molecule has 3 aromatic rings. The maximum absolute atomic E-state index is 12.9. The van der Waals surface area contributed by atoms with Gasteiger partial charge in [0.25, 0.3) is 0 Å². The van der Waals surface area contributed by atoms with E-state index in [-0.39, 0.29) is 39.3 Å². The first kappa shape index (κ1) is 21.2. The van der Waals surface area contributed by atoms with Crippen molar-refractivity contribution in [3.05, 3.63) is 46.6 Å². The molecule has 0 spiro atoms. The summed E-state index contributed by atoms with van der Waals surface area (Å²) >= 11 is 0.975. The fourth-order valence-corrected chi connectivity index (χ4v) is 4.16. The average molecular weight is 448 g/mol. The summed E-state index contributed by atoms with van der Waals surface area (Å²) < 4.78 is 10.9. The number of carbonyl (C=O) groups is 1. The minimum Gasteiger partial charge on any atom is -0.539 e. The van der Waals surface area contributed by atoms with E-state index in [4.69, 9.17) is 15.0 Å². The maximum atomic E-state index is 12.9. The van der Waals surface area contributed by atoms with E-state index in [1.54, 1.807) is 24.3 Å². The summed E-state index contributed by atoms with van der Waals surface area (Å²) in [4.78, 5) is 17.1. The third-order valence-electron chi connectivity index (χ3n) is 4.97. The molecule has 1 saturated carbocycles. The molecule has 0 aliphatic heterocycles. The Hall–Kier alpha value is -4.09. The molecule has 1 aliphatic carbocycles. The fraction of sp³-hybridized carbons (Fsp3) is 0.238. The van der Waals surface area contributed by atoms with Crippen molar-refractivity contribution in [1.82, 2.24) is 10.3 Å². The number of hydrogen-bond acceptors (Lipinski definition) is 10. The first-order valence-electron chi connectivity index (χ1n) is 9.51. The maximum Gasteiger partial charge on any atom is 0.307 e. The molecule has 0 amide bonds. The van der Waals surface area contributed by atoms with Crippen LogP contribution in [0, 0.1) is 22.7 Å². The van der Waals surface area contributed by atoms with Gasteiger partial charge in [0.15, 0.2) is 5.95 Å². The smallest absolute Gasteiger partial charge is 0.307 e. The van der Waals surface area contributed by atoms with Crippen molar-refractivity contribution in [2.45, 2.75) is 23.8 Å². The van der Waals surface area contributed by atoms with E-state index in [2.05, 4.69) is 16.3 Å². The standard InChI is InChI=1S/C21H16N6O4S/c1-30-13-6-4-12(5-7-13)27-18(21(29)31-26-27)16(28)10-32-20-15(9-23)17(11-2-3-11)14(8-22)19(24)25-20/h4-7,11H,2-3,10H2,1H3,(H2-,24,25,26,28,29). The highest BCUT2D eigenvalue weighted by molar-refractivity contribution is 8.00. The highest BCUT2D eigenvalue weighted by Gasteiger charge is 2.33. The Morgan fingerprint density at radius 1 is 1.31 bits per heavy atom. The lowest BCUT2D eigenvalue weighted by Gasteiger charge is -2.11. The first-order chi connectivity index (χ1) is 15.5. The molecule has 32 heavy (non-hydrogen) atoms. The molecular formula is C21H16N6O4S. The van der Waals surface area contributed by atoms with E-state index in [1.807, 2.05) is 6.07 Å². The zero-order valence-electron chi connectivity index (χ0n) is 16.9. The number of rotatable bonds is 7. The van der Waals surface area contributed by atoms with Crippen molar-refractivity contribution in [1.29, 1.82) is 10.5 Å². The molecule has 160 valence electrons. The summed E-state index contributed by atoms with van der Waals surface area (Å²) in [5, 5.41) is 35.2. The quantitative estimate of drug-likeness (QED) is 0.319. The number of carbonyl (C=O) groups excluding carboxylic acids is 1. The van der Waals surface area contributed by atoms with Gasteiger partial charge in [-0.25, -0.2) is 4.98 Å². The molecule has 0 bridgehead atoms. The van der Waals surface area contributed by atoms with Crippen LogP contribution in [-0.4, -0.2) is 28.9 Å². The molecule has 2 aromatic heterocycles. The van der Waals surface area contributed by atoms with Crippen molar-refractivity contribution in [2.75, 3.05) is 18.6 Å². The normalized spacial score (nSPS) is 12.7. The van der Waals surface area contributed by atoms with Gasteiger partial charge in [0, 0.05) is 12.1 Å². The number of pyridine rings is 1. The Labute approximate surface area is 186 Å². The Morgan fingerprint density at radius 2 is 2.00 bits per heavy atom. The molecule has 2 heterocycles. The third kappa shape index (κ3) is 3.82. The van der Waals surface area contributed by atoms with Crippen LogP contribution in [0.4, 0.5) is 5.82 Å². The van der Waals surface area contributed by atoms with Gasteiger partial charge in [-0.1, -0.05) is 11.8 Å². The molecule has 0 unspecified atom stereocenters. The first-order valence-corrected chi connectivity index (χ1v) is 10.5. The topological polar surface area (TPSA) is 166 Å². The van der Waals surface area contributed by atoms with Crippen LogP contribution in [-0.2, 0) is 0 Å². The van der Waals surface area contributed by atoms with Crippen LogP contribution >= 0.6 is 11.8 Å². The monoisotopic (exact) mass is 448 g/mol. The Kier molecular flexibility index (Phi) is 5.67. The van der Waals surface area contributed by atoms with E-state index in [9.17, 15) is 20.4 Å². The lowest BCUT2D eigenvalue weighted by molar-refractivity contribution is -0.672. The van der Waals surface area contributed by atoms with Crippen molar-refractivity contribution < 1.29 is 23.8 Å². The van der Waals surface area contributed by atoms with E-state index < -0.39 is 11.7 Å². The summed E-state index contributed by atoms with van der Waals surface area (Å²) in [5.41, 5.74) is 7.16. The number of Topliss-reactive ketones (excluding diaryl/α,β-unsaturated/α-hetero) is 1. The number of hydrogen-bond donors (Lipinski definition) is 1. The molecule has 0 radical (unpaired) electrons. The second kappa shape index (κ2) is 8.57. The van der Waals surface area contributed by atoms with Gasteiger partial charge in [-0.2, -0.15) is 10.5 Å². The molecular weight excluding hydrogens is 432 g/mol. The lowest BCUT2D eigenvalue weighted by Crippen LogP contribution is -2.39. The van der Waals surface area contributed by atoms with Crippen molar-refractivity contribution >= 4 is 23.4 Å². The van der Waals surface area contributed by atoms with Crippen LogP contribution < -0.4 is 20.3 Å². The Balaban J connectivity index is 1.62. The fourth-order valence-electron chi connectivity index (χ4n) is 3.29. The molecule has 1 aromatic carbocycles. The number of ketones is 1. The molecule has 2 N–H and O–H groups in total. The van der Waals surface area contributed by atoms with Gasteiger partial charge in [0.1, 0.15) is 28.7 Å². The molecule has 11 heteroatoms. The van der Waals surface area contributed by atoms with E-state index >= 15 is 0 Å². The van der Waals surface area contributed by atoms with Crippen LogP contribution in [0.1, 0.15) is 45.9 Å². The summed E-state index contributed by atoms with van der Waals surface area (Å²) in [6.07, 6.45) is 1.72. The van der Waals surface area contributed by atoms with Crippen molar-refractivity contribution in [3.63, 3.8) is 0 Å². The van der Waals surface area contributed by atoms with Gasteiger partial charge in [-0.05, 0) is 41.1 Å². The van der Waals surface area contributed by atoms with E-state index in [0.717, 1.165) is 29.3 Å². The van der Waals surface area contributed by atoms with Crippen LogP contribution in [0.15, 0.2) is 33.8 Å². The van der Waals surface area contributed by atoms with Crippen molar-refractivity contribution in [3.8, 4) is 29.5 Å². The minimum atomic E-state index is -0.877. The molecule has 0 saturated heterocycles. The average Bonchev–Trinajstić information content (AvgIpc) is 3.58. The summed E-state index contributed by atoms with van der Waals surface area (Å²) in [5.74, 6) is -0.932. The lowest BCUT2D eigenvalue weighted by atomic mass is 10.0. The Bertz CT molecular complexity index is 1290. The molecule has 10 nitrogen and oxygen atoms in total. The van der Waals surface area contributed by atoms with Gasteiger partial charge in [-0.3, -0.25) is 4.79 Å². The summed E-state index contributed by atoms with van der Waals surface area (Å²) in [7, 11) is 1.52. The van der Waals surface area contributed by atoms with Gasteiger partial charge >= 0.3 is 5.69 Å². The van der Waals surface area contributed by atoms with Crippen LogP contribution in [0.3, 0.4) is 0 Å². The predicted octanol–water partition coefficient (Wildman–Crippen LogP) is 1.61. The number of nitrogens with zero attached hydrogens (tertiary/aromatic N) is 5. The largest absolute Gasteiger partial charge is 0.539 e. The van der Waals surface area contributed by atoms with Crippen LogP contribution in [0.2, 0.25) is 0 Å². The number of thioether (sulfide) groups is 1. The number of methoxy groups -OCH3 is 1. The number of nitriles is 2. The summed E-state index contributed by atoms with van der Waals surface area (Å²) in [6.45, 7) is 0. The summed E-state index contributed by atoms with van der Waals surface area (Å²) in [6, 6.07) is 10.7. The van der Waals surface area contributed by atoms with Crippen LogP contribution in [0.5, 0.6) is 11.7 Å².